The Hall–Kier alpha value is -2.82. The molecule has 0 aromatic heterocycles. The smallest absolute Gasteiger partial charge is 0.342 e. The fourth-order valence-corrected chi connectivity index (χ4v) is 2.39. The van der Waals surface area contributed by atoms with Gasteiger partial charge in [-0.2, -0.15) is 0 Å². The van der Waals surface area contributed by atoms with E-state index >= 15 is 0 Å². The quantitative estimate of drug-likeness (QED) is 0.791. The highest BCUT2D eigenvalue weighted by Crippen LogP contribution is 2.20. The maximum absolute atomic E-state index is 12.1. The van der Waals surface area contributed by atoms with Gasteiger partial charge in [-0.3, -0.25) is 4.79 Å². The van der Waals surface area contributed by atoms with Gasteiger partial charge >= 0.3 is 5.97 Å². The zero-order valence-corrected chi connectivity index (χ0v) is 14.7. The highest BCUT2D eigenvalue weighted by molar-refractivity contribution is 5.94. The van der Waals surface area contributed by atoms with Crippen LogP contribution in [0, 0.1) is 6.92 Å². The third kappa shape index (κ3) is 5.08. The van der Waals surface area contributed by atoms with Crippen molar-refractivity contribution in [3.05, 3.63) is 65.2 Å². The molecule has 0 unspecified atom stereocenters. The Morgan fingerprint density at radius 2 is 1.80 bits per heavy atom. The van der Waals surface area contributed by atoms with Crippen molar-refractivity contribution >= 4 is 11.9 Å². The second kappa shape index (κ2) is 8.33. The number of aromatic hydroxyl groups is 1. The van der Waals surface area contributed by atoms with Crippen molar-refractivity contribution in [2.75, 3.05) is 6.54 Å². The molecule has 2 aromatic carbocycles. The van der Waals surface area contributed by atoms with Crippen LogP contribution in [0.25, 0.3) is 0 Å². The number of amides is 1. The lowest BCUT2D eigenvalue weighted by molar-refractivity contribution is -0.129. The first kappa shape index (κ1) is 18.5. The molecule has 1 amide bonds. The zero-order chi connectivity index (χ0) is 18.4. The maximum atomic E-state index is 12.1. The van der Waals surface area contributed by atoms with E-state index in [-0.39, 0.29) is 23.1 Å². The van der Waals surface area contributed by atoms with Gasteiger partial charge in [0.2, 0.25) is 0 Å². The minimum absolute atomic E-state index is 0.0444. The SMILES string of the molecule is Cc1ccc(C(=O)O[C@@H](C)C(=O)NC[C@H](C)c2ccccc2)c(O)c1. The monoisotopic (exact) mass is 341 g/mol. The van der Waals surface area contributed by atoms with E-state index in [1.807, 2.05) is 37.3 Å². The summed E-state index contributed by atoms with van der Waals surface area (Å²) in [4.78, 5) is 24.2. The van der Waals surface area contributed by atoms with Gasteiger partial charge in [-0.05, 0) is 43.0 Å². The molecule has 0 fully saturated rings. The number of phenolic OH excluding ortho intramolecular Hbond substituents is 1. The Balaban J connectivity index is 1.88. The summed E-state index contributed by atoms with van der Waals surface area (Å²) in [6, 6.07) is 14.5. The Kier molecular flexibility index (Phi) is 6.17. The van der Waals surface area contributed by atoms with Crippen LogP contribution in [0.1, 0.15) is 41.3 Å². The van der Waals surface area contributed by atoms with Gasteiger partial charge in [-0.1, -0.05) is 43.3 Å². The van der Waals surface area contributed by atoms with Crippen LogP contribution in [0.2, 0.25) is 0 Å². The molecule has 0 aliphatic carbocycles. The summed E-state index contributed by atoms with van der Waals surface area (Å²) < 4.78 is 5.15. The minimum atomic E-state index is -0.948. The molecular weight excluding hydrogens is 318 g/mol. The van der Waals surface area contributed by atoms with Gasteiger partial charge in [-0.15, -0.1) is 0 Å². The average Bonchev–Trinajstić information content (AvgIpc) is 2.59. The number of phenols is 1. The molecule has 25 heavy (non-hydrogen) atoms. The Morgan fingerprint density at radius 1 is 1.12 bits per heavy atom. The molecule has 0 saturated carbocycles. The summed E-state index contributed by atoms with van der Waals surface area (Å²) in [5.41, 5.74) is 2.00. The molecule has 0 bridgehead atoms. The van der Waals surface area contributed by atoms with E-state index < -0.39 is 12.1 Å². The second-order valence-electron chi connectivity index (χ2n) is 6.13. The zero-order valence-electron chi connectivity index (χ0n) is 14.7. The van der Waals surface area contributed by atoms with Crippen LogP contribution in [-0.2, 0) is 9.53 Å². The van der Waals surface area contributed by atoms with E-state index in [1.54, 1.807) is 13.0 Å². The number of carbonyl (C=O) groups excluding carboxylic acids is 2. The number of carbonyl (C=O) groups is 2. The van der Waals surface area contributed by atoms with E-state index in [0.717, 1.165) is 11.1 Å². The molecule has 132 valence electrons. The first-order valence-electron chi connectivity index (χ1n) is 8.21. The Labute approximate surface area is 147 Å². The van der Waals surface area contributed by atoms with Crippen molar-refractivity contribution in [3.63, 3.8) is 0 Å². The lowest BCUT2D eigenvalue weighted by Gasteiger charge is -2.17. The molecule has 2 rings (SSSR count). The molecule has 2 aromatic rings. The first-order chi connectivity index (χ1) is 11.9. The van der Waals surface area contributed by atoms with Gasteiger partial charge in [0.15, 0.2) is 6.10 Å². The van der Waals surface area contributed by atoms with Gasteiger partial charge < -0.3 is 15.2 Å². The Bertz CT molecular complexity index is 743. The lowest BCUT2D eigenvalue weighted by atomic mass is 10.0. The number of hydrogen-bond donors (Lipinski definition) is 2. The van der Waals surface area contributed by atoms with Crippen molar-refractivity contribution in [1.29, 1.82) is 0 Å². The third-order valence-electron chi connectivity index (χ3n) is 3.98. The normalized spacial score (nSPS) is 12.9. The fourth-order valence-electron chi connectivity index (χ4n) is 2.39. The molecular formula is C20H23NO4. The van der Waals surface area contributed by atoms with Crippen molar-refractivity contribution in [2.24, 2.45) is 0 Å². The first-order valence-corrected chi connectivity index (χ1v) is 8.21. The maximum Gasteiger partial charge on any atom is 0.342 e. The van der Waals surface area contributed by atoms with Crippen molar-refractivity contribution < 1.29 is 19.4 Å². The summed E-state index contributed by atoms with van der Waals surface area (Å²) in [6.45, 7) is 5.77. The standard InChI is InChI=1S/C20H23NO4/c1-13-9-10-17(18(22)11-13)20(24)25-15(3)19(23)21-12-14(2)16-7-5-4-6-8-16/h4-11,14-15,22H,12H2,1-3H3,(H,21,23)/t14-,15-/m0/s1. The van der Waals surface area contributed by atoms with E-state index in [2.05, 4.69) is 5.32 Å². The van der Waals surface area contributed by atoms with Crippen LogP contribution in [0.15, 0.2) is 48.5 Å². The molecule has 0 aliphatic rings. The average molecular weight is 341 g/mol. The van der Waals surface area contributed by atoms with Gasteiger partial charge in [0, 0.05) is 6.54 Å². The molecule has 0 heterocycles. The molecule has 2 N–H and O–H groups in total. The molecule has 0 aliphatic heterocycles. The molecule has 0 saturated heterocycles. The predicted molar refractivity (Wildman–Crippen MR) is 95.6 cm³/mol. The summed E-state index contributed by atoms with van der Waals surface area (Å²) >= 11 is 0. The van der Waals surface area contributed by atoms with Crippen LogP contribution in [-0.4, -0.2) is 29.6 Å². The van der Waals surface area contributed by atoms with Crippen molar-refractivity contribution in [3.8, 4) is 5.75 Å². The lowest BCUT2D eigenvalue weighted by Crippen LogP contribution is -2.37. The van der Waals surface area contributed by atoms with Crippen LogP contribution in [0.5, 0.6) is 5.75 Å². The topological polar surface area (TPSA) is 75.6 Å². The second-order valence-corrected chi connectivity index (χ2v) is 6.13. The number of ether oxygens (including phenoxy) is 1. The van der Waals surface area contributed by atoms with Gasteiger partial charge in [-0.25, -0.2) is 4.79 Å². The molecule has 2 atom stereocenters. The summed E-state index contributed by atoms with van der Waals surface area (Å²) in [7, 11) is 0. The van der Waals surface area contributed by atoms with Crippen molar-refractivity contribution in [2.45, 2.75) is 32.8 Å². The van der Waals surface area contributed by atoms with E-state index in [4.69, 9.17) is 4.74 Å². The van der Waals surface area contributed by atoms with Crippen molar-refractivity contribution in [1.82, 2.24) is 5.32 Å². The summed E-state index contributed by atoms with van der Waals surface area (Å²) in [6.07, 6.45) is -0.948. The summed E-state index contributed by atoms with van der Waals surface area (Å²) in [5.74, 6) is -1.11. The number of aryl methyl sites for hydroxylation is 1. The highest BCUT2D eigenvalue weighted by Gasteiger charge is 2.21. The van der Waals surface area contributed by atoms with E-state index in [1.165, 1.54) is 19.1 Å². The highest BCUT2D eigenvalue weighted by atomic mass is 16.5. The molecule has 5 nitrogen and oxygen atoms in total. The molecule has 5 heteroatoms. The predicted octanol–water partition coefficient (Wildman–Crippen LogP) is 3.17. The molecule has 0 spiro atoms. The number of esters is 1. The number of rotatable bonds is 6. The molecule has 0 radical (unpaired) electrons. The van der Waals surface area contributed by atoms with Crippen LogP contribution < -0.4 is 5.32 Å². The Morgan fingerprint density at radius 3 is 2.44 bits per heavy atom. The van der Waals surface area contributed by atoms with Gasteiger partial charge in [0.05, 0.1) is 0 Å². The fraction of sp³-hybridized carbons (Fsp3) is 0.300. The number of benzene rings is 2. The summed E-state index contributed by atoms with van der Waals surface area (Å²) in [5, 5.41) is 12.6. The van der Waals surface area contributed by atoms with Crippen LogP contribution >= 0.6 is 0 Å². The van der Waals surface area contributed by atoms with Crippen LogP contribution in [0.4, 0.5) is 0 Å². The van der Waals surface area contributed by atoms with Crippen LogP contribution in [0.3, 0.4) is 0 Å². The third-order valence-corrected chi connectivity index (χ3v) is 3.98. The van der Waals surface area contributed by atoms with Gasteiger partial charge in [0.1, 0.15) is 11.3 Å². The van der Waals surface area contributed by atoms with Gasteiger partial charge in [0.25, 0.3) is 5.91 Å². The largest absolute Gasteiger partial charge is 0.507 e. The van der Waals surface area contributed by atoms with E-state index in [9.17, 15) is 14.7 Å². The number of nitrogens with one attached hydrogen (secondary N) is 1. The number of hydrogen-bond acceptors (Lipinski definition) is 4. The minimum Gasteiger partial charge on any atom is -0.507 e. The van der Waals surface area contributed by atoms with E-state index in [0.29, 0.717) is 6.54 Å².